The molecule has 1 aromatic carbocycles. The summed E-state index contributed by atoms with van der Waals surface area (Å²) in [5.41, 5.74) is 1.00. The van der Waals surface area contributed by atoms with Crippen LogP contribution in [0.25, 0.3) is 0 Å². The van der Waals surface area contributed by atoms with Crippen LogP contribution in [0.5, 0.6) is 5.75 Å². The molecule has 0 spiro atoms. The van der Waals surface area contributed by atoms with E-state index in [-0.39, 0.29) is 5.91 Å². The first-order chi connectivity index (χ1) is 11.0. The second kappa shape index (κ2) is 9.56. The van der Waals surface area contributed by atoms with Crippen molar-refractivity contribution in [1.82, 2.24) is 0 Å². The number of ether oxygens (including phenoxy) is 2. The lowest BCUT2D eigenvalue weighted by molar-refractivity contribution is -0.139. The molecule has 0 radical (unpaired) electrons. The number of carbonyl (C=O) groups excluding carboxylic acids is 1. The van der Waals surface area contributed by atoms with Crippen LogP contribution < -0.4 is 10.1 Å². The molecule has 4 nitrogen and oxygen atoms in total. The molecule has 0 aliphatic heterocycles. The van der Waals surface area contributed by atoms with Gasteiger partial charge in [0.2, 0.25) is 0 Å². The molecule has 0 heterocycles. The molecule has 1 aromatic rings. The molecular formula is C19H31NO3. The molecule has 0 unspecified atom stereocenters. The molecule has 0 saturated heterocycles. The monoisotopic (exact) mass is 321 g/mol. The minimum absolute atomic E-state index is 0.0842. The molecule has 0 fully saturated rings. The predicted octanol–water partition coefficient (Wildman–Crippen LogP) is 4.71. The first-order valence-electron chi connectivity index (χ1n) is 8.65. The number of benzene rings is 1. The lowest BCUT2D eigenvalue weighted by atomic mass is 9.96. The highest BCUT2D eigenvalue weighted by atomic mass is 16.5. The van der Waals surface area contributed by atoms with Crippen LogP contribution in [-0.2, 0) is 9.53 Å². The van der Waals surface area contributed by atoms with Crippen LogP contribution in [0.2, 0.25) is 0 Å². The standard InChI is InChI=1S/C19H31NO3/c1-6-9-10-13-19(5,23-8-3)18(21)20-16-11-12-17(22-7-2)15(4)14-16/h11-12,14H,6-10,13H2,1-5H3,(H,20,21)/t19-/m0/s1. The van der Waals surface area contributed by atoms with Crippen LogP contribution in [0, 0.1) is 6.92 Å². The van der Waals surface area contributed by atoms with Crippen molar-refractivity contribution in [3.05, 3.63) is 23.8 Å². The third-order valence-corrected chi connectivity index (χ3v) is 3.93. The van der Waals surface area contributed by atoms with E-state index >= 15 is 0 Å². The van der Waals surface area contributed by atoms with Gasteiger partial charge in [0.1, 0.15) is 11.4 Å². The van der Waals surface area contributed by atoms with Gasteiger partial charge in [-0.05, 0) is 57.9 Å². The first-order valence-corrected chi connectivity index (χ1v) is 8.65. The van der Waals surface area contributed by atoms with Gasteiger partial charge in [-0.3, -0.25) is 4.79 Å². The molecular weight excluding hydrogens is 290 g/mol. The Morgan fingerprint density at radius 2 is 1.91 bits per heavy atom. The first kappa shape index (κ1) is 19.5. The third-order valence-electron chi connectivity index (χ3n) is 3.93. The zero-order valence-corrected chi connectivity index (χ0v) is 15.2. The summed E-state index contributed by atoms with van der Waals surface area (Å²) in [5.74, 6) is 0.764. The maximum atomic E-state index is 12.7. The van der Waals surface area contributed by atoms with E-state index < -0.39 is 5.60 Å². The largest absolute Gasteiger partial charge is 0.494 e. The van der Waals surface area contributed by atoms with Crippen molar-refractivity contribution in [2.24, 2.45) is 0 Å². The second-order valence-electron chi connectivity index (χ2n) is 5.99. The van der Waals surface area contributed by atoms with Gasteiger partial charge in [0.15, 0.2) is 0 Å². The zero-order chi connectivity index (χ0) is 17.3. The van der Waals surface area contributed by atoms with Crippen molar-refractivity contribution in [2.75, 3.05) is 18.5 Å². The highest BCUT2D eigenvalue weighted by Crippen LogP contribution is 2.25. The fourth-order valence-corrected chi connectivity index (χ4v) is 2.59. The highest BCUT2D eigenvalue weighted by Gasteiger charge is 2.33. The maximum absolute atomic E-state index is 12.7. The SMILES string of the molecule is CCCCC[C@](C)(OCC)C(=O)Nc1ccc(OCC)c(C)c1. The number of hydrogen-bond acceptors (Lipinski definition) is 3. The van der Waals surface area contributed by atoms with Gasteiger partial charge in [0.05, 0.1) is 6.61 Å². The van der Waals surface area contributed by atoms with E-state index in [4.69, 9.17) is 9.47 Å². The van der Waals surface area contributed by atoms with Crippen molar-refractivity contribution in [1.29, 1.82) is 0 Å². The summed E-state index contributed by atoms with van der Waals surface area (Å²) >= 11 is 0. The Hall–Kier alpha value is -1.55. The number of carbonyl (C=O) groups is 1. The number of aryl methyl sites for hydroxylation is 1. The number of hydrogen-bond donors (Lipinski definition) is 1. The second-order valence-corrected chi connectivity index (χ2v) is 5.99. The normalized spacial score (nSPS) is 13.4. The quantitative estimate of drug-likeness (QED) is 0.635. The molecule has 130 valence electrons. The lowest BCUT2D eigenvalue weighted by Gasteiger charge is -2.28. The zero-order valence-electron chi connectivity index (χ0n) is 15.2. The minimum atomic E-state index is -0.781. The molecule has 1 rings (SSSR count). The highest BCUT2D eigenvalue weighted by molar-refractivity contribution is 5.97. The smallest absolute Gasteiger partial charge is 0.256 e. The van der Waals surface area contributed by atoms with E-state index in [9.17, 15) is 4.79 Å². The van der Waals surface area contributed by atoms with E-state index in [1.165, 1.54) is 0 Å². The molecule has 1 amide bonds. The predicted molar refractivity (Wildman–Crippen MR) is 95.2 cm³/mol. The summed E-state index contributed by atoms with van der Waals surface area (Å²) in [6.45, 7) is 11.0. The molecule has 0 bridgehead atoms. The van der Waals surface area contributed by atoms with Gasteiger partial charge in [-0.25, -0.2) is 0 Å². The van der Waals surface area contributed by atoms with Gasteiger partial charge in [-0.15, -0.1) is 0 Å². The van der Waals surface area contributed by atoms with Crippen LogP contribution in [0.4, 0.5) is 5.69 Å². The number of anilines is 1. The van der Waals surface area contributed by atoms with Crippen LogP contribution >= 0.6 is 0 Å². The van der Waals surface area contributed by atoms with Crippen LogP contribution in [-0.4, -0.2) is 24.7 Å². The van der Waals surface area contributed by atoms with Gasteiger partial charge in [0.25, 0.3) is 5.91 Å². The van der Waals surface area contributed by atoms with Crippen molar-refractivity contribution >= 4 is 11.6 Å². The summed E-state index contributed by atoms with van der Waals surface area (Å²) < 4.78 is 11.3. The van der Waals surface area contributed by atoms with Gasteiger partial charge in [-0.2, -0.15) is 0 Å². The van der Waals surface area contributed by atoms with Crippen LogP contribution in [0.1, 0.15) is 58.9 Å². The molecule has 1 N–H and O–H groups in total. The molecule has 0 aromatic heterocycles. The third kappa shape index (κ3) is 5.87. The summed E-state index contributed by atoms with van der Waals surface area (Å²) in [6.07, 6.45) is 3.96. The summed E-state index contributed by atoms with van der Waals surface area (Å²) in [6, 6.07) is 5.69. The molecule has 4 heteroatoms. The summed E-state index contributed by atoms with van der Waals surface area (Å²) in [5, 5.41) is 2.98. The Balaban J connectivity index is 2.79. The van der Waals surface area contributed by atoms with Gasteiger partial charge in [-0.1, -0.05) is 26.2 Å². The number of nitrogens with one attached hydrogen (secondary N) is 1. The van der Waals surface area contributed by atoms with Crippen molar-refractivity contribution in [2.45, 2.75) is 65.9 Å². The number of amides is 1. The average molecular weight is 321 g/mol. The topological polar surface area (TPSA) is 47.6 Å². The van der Waals surface area contributed by atoms with Gasteiger partial charge in [0, 0.05) is 12.3 Å². The van der Waals surface area contributed by atoms with E-state index in [0.717, 1.165) is 42.7 Å². The molecule has 0 saturated carbocycles. The minimum Gasteiger partial charge on any atom is -0.494 e. The number of rotatable bonds is 10. The molecule has 0 aliphatic rings. The Kier molecular flexibility index (Phi) is 8.10. The van der Waals surface area contributed by atoms with E-state index in [0.29, 0.717) is 13.2 Å². The maximum Gasteiger partial charge on any atom is 0.256 e. The molecule has 0 aliphatic carbocycles. The summed E-state index contributed by atoms with van der Waals surface area (Å²) in [4.78, 5) is 12.7. The fourth-order valence-electron chi connectivity index (χ4n) is 2.59. The Bertz CT molecular complexity index is 501. The Labute approximate surface area is 140 Å². The van der Waals surface area contributed by atoms with E-state index in [2.05, 4.69) is 12.2 Å². The summed E-state index contributed by atoms with van der Waals surface area (Å²) in [7, 11) is 0. The average Bonchev–Trinajstić information content (AvgIpc) is 2.50. The lowest BCUT2D eigenvalue weighted by Crippen LogP contribution is -2.42. The van der Waals surface area contributed by atoms with Crippen molar-refractivity contribution in [3.63, 3.8) is 0 Å². The van der Waals surface area contributed by atoms with Gasteiger partial charge < -0.3 is 14.8 Å². The van der Waals surface area contributed by atoms with Crippen LogP contribution in [0.15, 0.2) is 18.2 Å². The van der Waals surface area contributed by atoms with Crippen molar-refractivity contribution < 1.29 is 14.3 Å². The van der Waals surface area contributed by atoms with Gasteiger partial charge >= 0.3 is 0 Å². The molecule has 23 heavy (non-hydrogen) atoms. The van der Waals surface area contributed by atoms with Crippen LogP contribution in [0.3, 0.4) is 0 Å². The number of unbranched alkanes of at least 4 members (excludes halogenated alkanes) is 2. The Morgan fingerprint density at radius 1 is 1.17 bits per heavy atom. The van der Waals surface area contributed by atoms with E-state index in [1.54, 1.807) is 0 Å². The molecule has 1 atom stereocenters. The fraction of sp³-hybridized carbons (Fsp3) is 0.632. The van der Waals surface area contributed by atoms with Crippen molar-refractivity contribution in [3.8, 4) is 5.75 Å². The Morgan fingerprint density at radius 3 is 2.48 bits per heavy atom. The van der Waals surface area contributed by atoms with E-state index in [1.807, 2.05) is 45.9 Å².